The van der Waals surface area contributed by atoms with E-state index in [0.717, 1.165) is 37.2 Å². The Hall–Kier alpha value is -3.51. The minimum atomic E-state index is -1.01. The Labute approximate surface area is 213 Å². The van der Waals surface area contributed by atoms with Crippen LogP contribution in [0.2, 0.25) is 0 Å². The van der Waals surface area contributed by atoms with Crippen LogP contribution in [-0.4, -0.2) is 62.5 Å². The van der Waals surface area contributed by atoms with Gasteiger partial charge in [-0.05, 0) is 80.5 Å². The molecule has 1 fully saturated rings. The van der Waals surface area contributed by atoms with E-state index in [1.54, 1.807) is 36.5 Å². The van der Waals surface area contributed by atoms with Gasteiger partial charge in [0.1, 0.15) is 11.6 Å². The Morgan fingerprint density at radius 2 is 1.74 bits per heavy atom. The first-order chi connectivity index (χ1) is 16.6. The fourth-order valence-electron chi connectivity index (χ4n) is 4.09. The normalized spacial score (nSPS) is 13.7. The Morgan fingerprint density at radius 3 is 2.43 bits per heavy atom. The molecule has 0 saturated carbocycles. The van der Waals surface area contributed by atoms with Gasteiger partial charge in [-0.2, -0.15) is 4.98 Å². The number of ether oxygens (including phenoxy) is 1. The van der Waals surface area contributed by atoms with Crippen molar-refractivity contribution in [3.63, 3.8) is 0 Å². The van der Waals surface area contributed by atoms with Crippen molar-refractivity contribution in [2.75, 3.05) is 13.1 Å². The quantitative estimate of drug-likeness (QED) is 0.415. The van der Waals surface area contributed by atoms with E-state index < -0.39 is 5.97 Å². The van der Waals surface area contributed by atoms with Crippen LogP contribution in [0.15, 0.2) is 67.1 Å². The van der Waals surface area contributed by atoms with E-state index in [0.29, 0.717) is 17.1 Å². The molecule has 1 aliphatic rings. The average molecular weight is 467 g/mol. The standard InChI is InChI=1S/C25H22FN5O3.Li.H/c26-18-5-1-16(2-6-18)22-23(31(15-29-22)19-9-12-27-13-10-19)21-11-14-28-25(30-21)34-20-7-3-17(4-8-20)24(32)33;;/h1-8,11,14-15,19,27H,9-10,12-13H2,(H,32,33);;. The van der Waals surface area contributed by atoms with E-state index in [1.165, 1.54) is 24.3 Å². The number of rotatable bonds is 6. The third-order valence-corrected chi connectivity index (χ3v) is 5.80. The number of carboxylic acids is 1. The third kappa shape index (κ3) is 5.43. The Balaban J connectivity index is 0.00000289. The molecule has 0 atom stereocenters. The molecular weight excluding hydrogens is 444 g/mol. The molecule has 10 heteroatoms. The molecule has 2 aromatic heterocycles. The van der Waals surface area contributed by atoms with Gasteiger partial charge in [0.15, 0.2) is 0 Å². The Kier molecular flexibility index (Phi) is 7.61. The van der Waals surface area contributed by atoms with Gasteiger partial charge >= 0.3 is 30.8 Å². The van der Waals surface area contributed by atoms with Crippen molar-refractivity contribution in [1.29, 1.82) is 0 Å². The summed E-state index contributed by atoms with van der Waals surface area (Å²) in [6.45, 7) is 1.83. The molecule has 0 spiro atoms. The van der Waals surface area contributed by atoms with Crippen molar-refractivity contribution in [3.05, 3.63) is 78.5 Å². The number of piperidine rings is 1. The summed E-state index contributed by atoms with van der Waals surface area (Å²) >= 11 is 0. The second-order valence-electron chi connectivity index (χ2n) is 7.99. The first-order valence-corrected chi connectivity index (χ1v) is 11.0. The van der Waals surface area contributed by atoms with Crippen LogP contribution >= 0.6 is 0 Å². The number of carboxylic acid groups (broad SMARTS) is 1. The second kappa shape index (κ2) is 10.8. The van der Waals surface area contributed by atoms with E-state index >= 15 is 0 Å². The minimum absolute atomic E-state index is 0. The molecule has 0 unspecified atom stereocenters. The van der Waals surface area contributed by atoms with Gasteiger partial charge in [0.05, 0.1) is 29.0 Å². The molecule has 3 heterocycles. The molecule has 1 saturated heterocycles. The SMILES string of the molecule is O=C(O)c1ccc(Oc2nccc(-c3c(-c4ccc(F)cc4)ncn3C3CCNCC3)n2)cc1.[LiH]. The van der Waals surface area contributed by atoms with E-state index in [4.69, 9.17) is 9.84 Å². The number of aromatic nitrogens is 4. The average Bonchev–Trinajstić information content (AvgIpc) is 3.31. The van der Waals surface area contributed by atoms with Gasteiger partial charge in [-0.15, -0.1) is 0 Å². The van der Waals surface area contributed by atoms with Crippen LogP contribution < -0.4 is 10.1 Å². The fraction of sp³-hybridized carbons (Fsp3) is 0.200. The van der Waals surface area contributed by atoms with Crippen LogP contribution in [0.1, 0.15) is 29.2 Å². The molecule has 174 valence electrons. The van der Waals surface area contributed by atoms with Crippen molar-refractivity contribution in [3.8, 4) is 34.4 Å². The third-order valence-electron chi connectivity index (χ3n) is 5.80. The number of carbonyl (C=O) groups is 1. The number of hydrogen-bond acceptors (Lipinski definition) is 6. The zero-order valence-electron chi connectivity index (χ0n) is 18.2. The van der Waals surface area contributed by atoms with Gasteiger partial charge in [0.2, 0.25) is 0 Å². The van der Waals surface area contributed by atoms with Gasteiger partial charge in [-0.3, -0.25) is 0 Å². The van der Waals surface area contributed by atoms with E-state index in [9.17, 15) is 9.18 Å². The molecule has 2 aromatic carbocycles. The van der Waals surface area contributed by atoms with Gasteiger partial charge in [0, 0.05) is 17.8 Å². The molecule has 0 radical (unpaired) electrons. The summed E-state index contributed by atoms with van der Waals surface area (Å²) in [6, 6.07) is 14.4. The topological polar surface area (TPSA) is 102 Å². The summed E-state index contributed by atoms with van der Waals surface area (Å²) in [5.74, 6) is -0.896. The number of halogens is 1. The van der Waals surface area contributed by atoms with Crippen LogP contribution in [0.4, 0.5) is 4.39 Å². The molecule has 5 rings (SSSR count). The van der Waals surface area contributed by atoms with E-state index in [2.05, 4.69) is 24.8 Å². The zero-order chi connectivity index (χ0) is 23.5. The number of hydrogen-bond donors (Lipinski definition) is 2. The summed E-state index contributed by atoms with van der Waals surface area (Å²) in [7, 11) is 0. The predicted molar refractivity (Wildman–Crippen MR) is 130 cm³/mol. The van der Waals surface area contributed by atoms with Crippen LogP contribution in [0, 0.1) is 5.82 Å². The number of imidazole rings is 1. The van der Waals surface area contributed by atoms with E-state index in [1.807, 2.05) is 6.33 Å². The van der Waals surface area contributed by atoms with Crippen molar-refractivity contribution in [2.45, 2.75) is 18.9 Å². The molecule has 35 heavy (non-hydrogen) atoms. The second-order valence-corrected chi connectivity index (χ2v) is 7.99. The zero-order valence-corrected chi connectivity index (χ0v) is 18.2. The van der Waals surface area contributed by atoms with Crippen LogP contribution in [0.25, 0.3) is 22.6 Å². The Morgan fingerprint density at radius 1 is 1.03 bits per heavy atom. The molecule has 1 aliphatic heterocycles. The van der Waals surface area contributed by atoms with Crippen molar-refractivity contribution in [1.82, 2.24) is 24.8 Å². The molecule has 4 aromatic rings. The van der Waals surface area contributed by atoms with Crippen LogP contribution in [-0.2, 0) is 0 Å². The van der Waals surface area contributed by atoms with Gasteiger partial charge in [0.25, 0.3) is 0 Å². The number of benzene rings is 2. The molecule has 8 nitrogen and oxygen atoms in total. The van der Waals surface area contributed by atoms with Crippen molar-refractivity contribution in [2.24, 2.45) is 0 Å². The first kappa shape index (κ1) is 24.6. The van der Waals surface area contributed by atoms with Crippen molar-refractivity contribution < 1.29 is 19.0 Å². The molecular formula is C25H23FLiN5O3. The maximum absolute atomic E-state index is 13.5. The summed E-state index contributed by atoms with van der Waals surface area (Å²) < 4.78 is 21.5. The van der Waals surface area contributed by atoms with Gasteiger partial charge in [-0.1, -0.05) is 0 Å². The molecule has 0 bridgehead atoms. The van der Waals surface area contributed by atoms with Gasteiger partial charge < -0.3 is 19.7 Å². The summed E-state index contributed by atoms with van der Waals surface area (Å²) in [5.41, 5.74) is 3.09. The fourth-order valence-corrected chi connectivity index (χ4v) is 4.09. The van der Waals surface area contributed by atoms with E-state index in [-0.39, 0.29) is 42.3 Å². The molecule has 2 N–H and O–H groups in total. The Bertz CT molecular complexity index is 1310. The maximum atomic E-state index is 13.5. The summed E-state index contributed by atoms with van der Waals surface area (Å²) in [4.78, 5) is 24.6. The number of aromatic carboxylic acids is 1. The summed E-state index contributed by atoms with van der Waals surface area (Å²) in [5, 5.41) is 12.5. The first-order valence-electron chi connectivity index (χ1n) is 11.0. The van der Waals surface area contributed by atoms with Gasteiger partial charge in [-0.25, -0.2) is 19.2 Å². The summed E-state index contributed by atoms with van der Waals surface area (Å²) in [6.07, 6.45) is 5.34. The number of nitrogens with zero attached hydrogens (tertiary/aromatic N) is 4. The molecule has 0 amide bonds. The van der Waals surface area contributed by atoms with Crippen LogP contribution in [0.3, 0.4) is 0 Å². The van der Waals surface area contributed by atoms with Crippen molar-refractivity contribution >= 4 is 24.8 Å². The monoisotopic (exact) mass is 467 g/mol. The predicted octanol–water partition coefficient (Wildman–Crippen LogP) is 3.91. The van der Waals surface area contributed by atoms with Crippen LogP contribution in [0.5, 0.6) is 11.8 Å². The number of nitrogens with one attached hydrogen (secondary N) is 1. The molecule has 0 aliphatic carbocycles.